The molecule has 0 heterocycles. The molecule has 8 heteroatoms. The molecule has 118 valence electrons. The molecule has 1 amide bonds. The van der Waals surface area contributed by atoms with Crippen molar-refractivity contribution in [3.05, 3.63) is 29.6 Å². The van der Waals surface area contributed by atoms with Crippen LogP contribution < -0.4 is 10.5 Å². The third kappa shape index (κ3) is 5.07. The molecule has 0 aliphatic heterocycles. The first-order chi connectivity index (χ1) is 9.57. The molecule has 1 aromatic rings. The van der Waals surface area contributed by atoms with Gasteiger partial charge in [0.15, 0.2) is 0 Å². The van der Waals surface area contributed by atoms with Crippen LogP contribution >= 0.6 is 0 Å². The normalized spacial score (nSPS) is 12.2. The van der Waals surface area contributed by atoms with Crippen molar-refractivity contribution in [3.63, 3.8) is 0 Å². The Labute approximate surface area is 123 Å². The molecule has 0 atom stereocenters. The fourth-order valence-electron chi connectivity index (χ4n) is 1.69. The Balaban J connectivity index is 2.93. The van der Waals surface area contributed by atoms with Gasteiger partial charge in [-0.1, -0.05) is 0 Å². The Morgan fingerprint density at radius 1 is 1.43 bits per heavy atom. The van der Waals surface area contributed by atoms with E-state index in [1.807, 2.05) is 6.92 Å². The van der Waals surface area contributed by atoms with Crippen LogP contribution in [0.15, 0.2) is 23.1 Å². The number of hydrogen-bond donors (Lipinski definition) is 2. The number of carbonyl (C=O) groups is 1. The van der Waals surface area contributed by atoms with Crippen LogP contribution in [0.1, 0.15) is 31.1 Å². The van der Waals surface area contributed by atoms with Gasteiger partial charge in [-0.3, -0.25) is 4.79 Å². The standard InChI is InChI=1S/C13H19FN2O4S/c1-4-20-13(2,3)8-16-12(17)10-7-9(21(15,18)19)5-6-11(10)14/h5-7H,4,8H2,1-3H3,(H,16,17)(H2,15,18,19). The van der Waals surface area contributed by atoms with Gasteiger partial charge in [0.1, 0.15) is 5.82 Å². The number of hydrogen-bond acceptors (Lipinski definition) is 4. The van der Waals surface area contributed by atoms with Gasteiger partial charge in [-0.05, 0) is 39.0 Å². The highest BCUT2D eigenvalue weighted by Gasteiger charge is 2.21. The summed E-state index contributed by atoms with van der Waals surface area (Å²) in [6.07, 6.45) is 0. The largest absolute Gasteiger partial charge is 0.374 e. The van der Waals surface area contributed by atoms with Gasteiger partial charge in [0, 0.05) is 13.2 Å². The number of primary sulfonamides is 1. The minimum atomic E-state index is -4.00. The summed E-state index contributed by atoms with van der Waals surface area (Å²) in [7, 11) is -4.00. The van der Waals surface area contributed by atoms with Crippen LogP contribution in [-0.4, -0.2) is 33.1 Å². The van der Waals surface area contributed by atoms with Crippen molar-refractivity contribution in [2.75, 3.05) is 13.2 Å². The Hall–Kier alpha value is -1.51. The molecule has 0 aliphatic rings. The molecule has 0 fully saturated rings. The molecular weight excluding hydrogens is 299 g/mol. The summed E-state index contributed by atoms with van der Waals surface area (Å²) < 4.78 is 41.5. The van der Waals surface area contributed by atoms with Crippen molar-refractivity contribution >= 4 is 15.9 Å². The molecule has 3 N–H and O–H groups in total. The van der Waals surface area contributed by atoms with Gasteiger partial charge in [0.2, 0.25) is 10.0 Å². The lowest BCUT2D eigenvalue weighted by Crippen LogP contribution is -2.40. The van der Waals surface area contributed by atoms with E-state index < -0.39 is 27.3 Å². The molecule has 6 nitrogen and oxygen atoms in total. The van der Waals surface area contributed by atoms with Crippen LogP contribution in [-0.2, 0) is 14.8 Å². The second kappa shape index (κ2) is 6.50. The number of carbonyl (C=O) groups excluding carboxylic acids is 1. The van der Waals surface area contributed by atoms with E-state index >= 15 is 0 Å². The van der Waals surface area contributed by atoms with Crippen molar-refractivity contribution in [1.29, 1.82) is 0 Å². The van der Waals surface area contributed by atoms with Crippen molar-refractivity contribution < 1.29 is 22.3 Å². The summed E-state index contributed by atoms with van der Waals surface area (Å²) in [6.45, 7) is 5.98. The van der Waals surface area contributed by atoms with Gasteiger partial charge < -0.3 is 10.1 Å². The van der Waals surface area contributed by atoms with Crippen LogP contribution in [0, 0.1) is 5.82 Å². The smallest absolute Gasteiger partial charge is 0.254 e. The third-order valence-corrected chi connectivity index (χ3v) is 3.63. The number of rotatable bonds is 6. The molecular formula is C13H19FN2O4S. The zero-order valence-electron chi connectivity index (χ0n) is 12.1. The molecule has 0 saturated carbocycles. The number of nitrogens with one attached hydrogen (secondary N) is 1. The lowest BCUT2D eigenvalue weighted by Gasteiger charge is -2.24. The monoisotopic (exact) mass is 318 g/mol. The second-order valence-electron chi connectivity index (χ2n) is 5.06. The van der Waals surface area contributed by atoms with Crippen molar-refractivity contribution in [3.8, 4) is 0 Å². The maximum absolute atomic E-state index is 13.6. The average molecular weight is 318 g/mol. The summed E-state index contributed by atoms with van der Waals surface area (Å²) in [5.41, 5.74) is -0.993. The van der Waals surface area contributed by atoms with Gasteiger partial charge in [-0.2, -0.15) is 0 Å². The highest BCUT2D eigenvalue weighted by molar-refractivity contribution is 7.89. The van der Waals surface area contributed by atoms with Crippen molar-refractivity contribution in [2.24, 2.45) is 5.14 Å². The SMILES string of the molecule is CCOC(C)(C)CNC(=O)c1cc(S(N)(=O)=O)ccc1F. The number of ether oxygens (including phenoxy) is 1. The van der Waals surface area contributed by atoms with E-state index in [4.69, 9.17) is 9.88 Å². The van der Waals surface area contributed by atoms with E-state index in [0.29, 0.717) is 6.61 Å². The average Bonchev–Trinajstić information content (AvgIpc) is 2.35. The van der Waals surface area contributed by atoms with E-state index in [0.717, 1.165) is 18.2 Å². The Morgan fingerprint density at radius 3 is 2.57 bits per heavy atom. The van der Waals surface area contributed by atoms with E-state index in [2.05, 4.69) is 5.32 Å². The van der Waals surface area contributed by atoms with Crippen molar-refractivity contribution in [1.82, 2.24) is 5.32 Å². The summed E-state index contributed by atoms with van der Waals surface area (Å²) in [5, 5.41) is 7.46. The minimum Gasteiger partial charge on any atom is -0.374 e. The van der Waals surface area contributed by atoms with Crippen LogP contribution in [0.25, 0.3) is 0 Å². The maximum Gasteiger partial charge on any atom is 0.254 e. The summed E-state index contributed by atoms with van der Waals surface area (Å²) >= 11 is 0. The topological polar surface area (TPSA) is 98.5 Å². The van der Waals surface area contributed by atoms with Gasteiger partial charge in [-0.25, -0.2) is 17.9 Å². The number of nitrogens with two attached hydrogens (primary N) is 1. The van der Waals surface area contributed by atoms with Gasteiger partial charge >= 0.3 is 0 Å². The first kappa shape index (κ1) is 17.5. The predicted molar refractivity (Wildman–Crippen MR) is 75.8 cm³/mol. The Bertz CT molecular complexity index is 629. The summed E-state index contributed by atoms with van der Waals surface area (Å²) in [6, 6.07) is 2.81. The number of benzene rings is 1. The molecule has 1 aromatic carbocycles. The van der Waals surface area contributed by atoms with Crippen LogP contribution in [0.3, 0.4) is 0 Å². The molecule has 0 saturated heterocycles. The highest BCUT2D eigenvalue weighted by Crippen LogP contribution is 2.14. The van der Waals surface area contributed by atoms with Gasteiger partial charge in [0.25, 0.3) is 5.91 Å². The molecule has 0 spiro atoms. The predicted octanol–water partition coefficient (Wildman–Crippen LogP) is 1.02. The van der Waals surface area contributed by atoms with E-state index in [1.54, 1.807) is 13.8 Å². The molecule has 0 aliphatic carbocycles. The molecule has 1 rings (SSSR count). The van der Waals surface area contributed by atoms with Crippen LogP contribution in [0.5, 0.6) is 0 Å². The van der Waals surface area contributed by atoms with E-state index in [-0.39, 0.29) is 17.0 Å². The molecule has 0 unspecified atom stereocenters. The molecule has 0 radical (unpaired) electrons. The summed E-state index contributed by atoms with van der Waals surface area (Å²) in [5.74, 6) is -1.56. The lowest BCUT2D eigenvalue weighted by molar-refractivity contribution is -0.00818. The van der Waals surface area contributed by atoms with E-state index in [9.17, 15) is 17.6 Å². The van der Waals surface area contributed by atoms with Gasteiger partial charge in [0.05, 0.1) is 16.1 Å². The highest BCUT2D eigenvalue weighted by atomic mass is 32.2. The first-order valence-electron chi connectivity index (χ1n) is 6.31. The molecule has 0 bridgehead atoms. The lowest BCUT2D eigenvalue weighted by atomic mass is 10.1. The van der Waals surface area contributed by atoms with Gasteiger partial charge in [-0.15, -0.1) is 0 Å². The second-order valence-corrected chi connectivity index (χ2v) is 6.62. The van der Waals surface area contributed by atoms with E-state index in [1.165, 1.54) is 0 Å². The fraction of sp³-hybridized carbons (Fsp3) is 0.462. The van der Waals surface area contributed by atoms with Crippen LogP contribution in [0.4, 0.5) is 4.39 Å². The van der Waals surface area contributed by atoms with Crippen molar-refractivity contribution in [2.45, 2.75) is 31.3 Å². The number of halogens is 1. The Kier molecular flexibility index (Phi) is 5.43. The molecule has 21 heavy (non-hydrogen) atoms. The number of sulfonamides is 1. The maximum atomic E-state index is 13.6. The zero-order chi connectivity index (χ0) is 16.3. The first-order valence-corrected chi connectivity index (χ1v) is 7.86. The third-order valence-electron chi connectivity index (χ3n) is 2.72. The Morgan fingerprint density at radius 2 is 2.05 bits per heavy atom. The number of amides is 1. The molecule has 0 aromatic heterocycles. The zero-order valence-corrected chi connectivity index (χ0v) is 13.0. The summed E-state index contributed by atoms with van der Waals surface area (Å²) in [4.78, 5) is 11.6. The van der Waals surface area contributed by atoms with Crippen LogP contribution in [0.2, 0.25) is 0 Å². The minimum absolute atomic E-state index is 0.152. The fourth-order valence-corrected chi connectivity index (χ4v) is 2.23. The quantitative estimate of drug-likeness (QED) is 0.818.